The number of halogens is 2. The summed E-state index contributed by atoms with van der Waals surface area (Å²) >= 11 is 0. The molecule has 3 nitrogen and oxygen atoms in total. The van der Waals surface area contributed by atoms with E-state index in [0.717, 1.165) is 12.5 Å². The number of rotatable bonds is 5. The minimum Gasteiger partial charge on any atom is -0.383 e. The number of nitrogens with one attached hydrogen (secondary N) is 1. The van der Waals surface area contributed by atoms with Gasteiger partial charge in [-0.05, 0) is 26.3 Å². The predicted molar refractivity (Wildman–Crippen MR) is 73.0 cm³/mol. The van der Waals surface area contributed by atoms with Crippen molar-refractivity contribution in [3.8, 4) is 0 Å². The van der Waals surface area contributed by atoms with E-state index in [1.165, 1.54) is 13.0 Å². The van der Waals surface area contributed by atoms with Crippen molar-refractivity contribution in [3.05, 3.63) is 47.0 Å². The first kappa shape index (κ1) is 16.3. The minimum atomic E-state index is -1.61. The Balaban J connectivity index is 2.80. The number of benzene rings is 1. The molecule has 20 heavy (non-hydrogen) atoms. The van der Waals surface area contributed by atoms with Crippen LogP contribution in [0.2, 0.25) is 0 Å². The van der Waals surface area contributed by atoms with Gasteiger partial charge in [0.25, 0.3) is 0 Å². The van der Waals surface area contributed by atoms with Crippen molar-refractivity contribution >= 4 is 5.91 Å². The van der Waals surface area contributed by atoms with E-state index in [0.29, 0.717) is 11.6 Å². The Kier molecular flexibility index (Phi) is 5.39. The van der Waals surface area contributed by atoms with Crippen LogP contribution in [0.25, 0.3) is 0 Å². The van der Waals surface area contributed by atoms with E-state index < -0.39 is 17.2 Å². The largest absolute Gasteiger partial charge is 0.383 e. The lowest BCUT2D eigenvalue weighted by atomic mass is 9.95. The fraction of sp³-hybridized carbons (Fsp3) is 0.400. The number of allylic oxidation sites excluding steroid dienone is 1. The molecule has 110 valence electrons. The minimum absolute atomic E-state index is 0.0590. The average Bonchev–Trinajstić information content (AvgIpc) is 2.35. The lowest BCUT2D eigenvalue weighted by Crippen LogP contribution is -2.39. The number of carbonyl (C=O) groups is 1. The van der Waals surface area contributed by atoms with E-state index in [-0.39, 0.29) is 18.0 Å². The Morgan fingerprint density at radius 3 is 2.65 bits per heavy atom. The third kappa shape index (κ3) is 4.13. The van der Waals surface area contributed by atoms with Gasteiger partial charge in [0.15, 0.2) is 0 Å². The fourth-order valence-corrected chi connectivity index (χ4v) is 1.81. The van der Waals surface area contributed by atoms with E-state index in [2.05, 4.69) is 5.32 Å². The molecule has 0 spiro atoms. The van der Waals surface area contributed by atoms with Crippen molar-refractivity contribution in [1.82, 2.24) is 5.32 Å². The summed E-state index contributed by atoms with van der Waals surface area (Å²) in [6.07, 6.45) is 2.48. The second-order valence-corrected chi connectivity index (χ2v) is 4.88. The molecule has 0 saturated heterocycles. The van der Waals surface area contributed by atoms with Crippen LogP contribution in [0.5, 0.6) is 0 Å². The zero-order chi connectivity index (χ0) is 15.3. The number of hydrogen-bond donors (Lipinski definition) is 2. The van der Waals surface area contributed by atoms with Gasteiger partial charge in [0, 0.05) is 17.2 Å². The van der Waals surface area contributed by atoms with E-state index in [4.69, 9.17) is 0 Å². The van der Waals surface area contributed by atoms with E-state index in [9.17, 15) is 18.7 Å². The summed E-state index contributed by atoms with van der Waals surface area (Å²) in [5, 5.41) is 12.8. The molecule has 2 N–H and O–H groups in total. The molecule has 1 rings (SSSR count). The molecule has 0 aliphatic rings. The zero-order valence-electron chi connectivity index (χ0n) is 11.8. The van der Waals surface area contributed by atoms with Crippen LogP contribution >= 0.6 is 0 Å². The quantitative estimate of drug-likeness (QED) is 0.816. The second-order valence-electron chi connectivity index (χ2n) is 4.88. The van der Waals surface area contributed by atoms with Crippen LogP contribution in [-0.2, 0) is 10.4 Å². The van der Waals surface area contributed by atoms with Gasteiger partial charge in [-0.2, -0.15) is 0 Å². The first-order chi connectivity index (χ1) is 9.27. The van der Waals surface area contributed by atoms with Crippen molar-refractivity contribution in [2.75, 3.05) is 6.54 Å². The predicted octanol–water partition coefficient (Wildman–Crippen LogP) is 2.64. The molecule has 0 aliphatic carbocycles. The molecular weight excluding hydrogens is 264 g/mol. The van der Waals surface area contributed by atoms with Crippen molar-refractivity contribution in [2.24, 2.45) is 0 Å². The standard InChI is InChI=1S/C15H19F2NO2/c1-4-5-10(2)14(19)18-9-15(3,20)12-7-6-11(16)8-13(12)17/h5-8,20H,4,9H2,1-3H3,(H,18,19). The molecule has 0 saturated carbocycles. The molecule has 0 aliphatic heterocycles. The summed E-state index contributed by atoms with van der Waals surface area (Å²) in [6, 6.07) is 2.94. The van der Waals surface area contributed by atoms with Crippen LogP contribution in [0, 0.1) is 11.6 Å². The van der Waals surface area contributed by atoms with E-state index in [1.54, 1.807) is 13.0 Å². The van der Waals surface area contributed by atoms with Gasteiger partial charge in [0.05, 0.1) is 6.54 Å². The van der Waals surface area contributed by atoms with Gasteiger partial charge in [0.1, 0.15) is 17.2 Å². The number of amides is 1. The second kappa shape index (κ2) is 6.61. The molecule has 0 heterocycles. The lowest BCUT2D eigenvalue weighted by Gasteiger charge is -2.24. The van der Waals surface area contributed by atoms with Gasteiger partial charge in [-0.25, -0.2) is 8.78 Å². The van der Waals surface area contributed by atoms with Crippen molar-refractivity contribution in [3.63, 3.8) is 0 Å². The zero-order valence-corrected chi connectivity index (χ0v) is 11.8. The highest BCUT2D eigenvalue weighted by molar-refractivity contribution is 5.92. The third-order valence-corrected chi connectivity index (χ3v) is 2.97. The smallest absolute Gasteiger partial charge is 0.246 e. The van der Waals surface area contributed by atoms with Crippen LogP contribution in [-0.4, -0.2) is 17.6 Å². The Morgan fingerprint density at radius 1 is 1.45 bits per heavy atom. The summed E-state index contributed by atoms with van der Waals surface area (Å²) in [5.74, 6) is -1.88. The Labute approximate surface area is 117 Å². The Bertz CT molecular complexity index is 525. The number of hydrogen-bond acceptors (Lipinski definition) is 2. The number of aliphatic hydroxyl groups is 1. The van der Waals surface area contributed by atoms with Gasteiger partial charge in [-0.15, -0.1) is 0 Å². The van der Waals surface area contributed by atoms with Crippen LogP contribution in [0.15, 0.2) is 29.8 Å². The fourth-order valence-electron chi connectivity index (χ4n) is 1.81. The third-order valence-electron chi connectivity index (χ3n) is 2.97. The maximum Gasteiger partial charge on any atom is 0.246 e. The summed E-state index contributed by atoms with van der Waals surface area (Å²) in [6.45, 7) is 4.76. The summed E-state index contributed by atoms with van der Waals surface area (Å²) < 4.78 is 26.5. The monoisotopic (exact) mass is 283 g/mol. The van der Waals surface area contributed by atoms with Gasteiger partial charge in [-0.3, -0.25) is 4.79 Å². The van der Waals surface area contributed by atoms with E-state index in [1.807, 2.05) is 6.92 Å². The number of carbonyl (C=O) groups excluding carboxylic acids is 1. The molecule has 1 amide bonds. The molecule has 1 aromatic carbocycles. The molecule has 0 bridgehead atoms. The van der Waals surface area contributed by atoms with Crippen molar-refractivity contribution in [1.29, 1.82) is 0 Å². The van der Waals surface area contributed by atoms with E-state index >= 15 is 0 Å². The molecule has 1 atom stereocenters. The van der Waals surface area contributed by atoms with Gasteiger partial charge >= 0.3 is 0 Å². The van der Waals surface area contributed by atoms with Gasteiger partial charge < -0.3 is 10.4 Å². The molecule has 5 heteroatoms. The Hall–Kier alpha value is -1.75. The molecule has 0 aromatic heterocycles. The normalized spacial score (nSPS) is 14.8. The highest BCUT2D eigenvalue weighted by Gasteiger charge is 2.27. The lowest BCUT2D eigenvalue weighted by molar-refractivity contribution is -0.118. The summed E-state index contributed by atoms with van der Waals surface area (Å²) in [4.78, 5) is 11.7. The maximum absolute atomic E-state index is 13.6. The van der Waals surface area contributed by atoms with Crippen LogP contribution < -0.4 is 5.32 Å². The summed E-state index contributed by atoms with van der Waals surface area (Å²) in [7, 11) is 0. The highest BCUT2D eigenvalue weighted by atomic mass is 19.1. The van der Waals surface area contributed by atoms with Crippen LogP contribution in [0.3, 0.4) is 0 Å². The SMILES string of the molecule is CCC=C(C)C(=O)NCC(C)(O)c1ccc(F)cc1F. The first-order valence-electron chi connectivity index (χ1n) is 6.40. The first-order valence-corrected chi connectivity index (χ1v) is 6.40. The summed E-state index contributed by atoms with van der Waals surface area (Å²) in [5.41, 5.74) is -1.14. The average molecular weight is 283 g/mol. The maximum atomic E-state index is 13.6. The van der Waals surface area contributed by atoms with Gasteiger partial charge in [-0.1, -0.05) is 19.1 Å². The highest BCUT2D eigenvalue weighted by Crippen LogP contribution is 2.23. The molecule has 1 aromatic rings. The topological polar surface area (TPSA) is 49.3 Å². The Morgan fingerprint density at radius 2 is 2.10 bits per heavy atom. The molecule has 0 radical (unpaired) electrons. The molecule has 0 fully saturated rings. The molecule has 1 unspecified atom stereocenters. The van der Waals surface area contributed by atoms with Crippen molar-refractivity contribution < 1.29 is 18.7 Å². The molecular formula is C15H19F2NO2. The van der Waals surface area contributed by atoms with Crippen LogP contribution in [0.4, 0.5) is 8.78 Å². The van der Waals surface area contributed by atoms with Crippen molar-refractivity contribution in [2.45, 2.75) is 32.8 Å². The van der Waals surface area contributed by atoms with Gasteiger partial charge in [0.2, 0.25) is 5.91 Å². The van der Waals surface area contributed by atoms with Crippen LogP contribution in [0.1, 0.15) is 32.8 Å².